The Morgan fingerprint density at radius 3 is 2.30 bits per heavy atom. The molecule has 1 N–H and O–H groups in total. The predicted molar refractivity (Wildman–Crippen MR) is 98.9 cm³/mol. The number of amides is 1. The van der Waals surface area contributed by atoms with Gasteiger partial charge in [0.25, 0.3) is 5.91 Å². The third-order valence-corrected chi connectivity index (χ3v) is 3.72. The molecular weight excluding hydrogens is 346 g/mol. The van der Waals surface area contributed by atoms with Crippen LogP contribution in [0.5, 0.6) is 5.75 Å². The summed E-state index contributed by atoms with van der Waals surface area (Å²) < 4.78 is 15.4. The summed E-state index contributed by atoms with van der Waals surface area (Å²) >= 11 is 0. The lowest BCUT2D eigenvalue weighted by atomic mass is 10.1. The molecule has 0 unspecified atom stereocenters. The van der Waals surface area contributed by atoms with E-state index in [1.165, 1.54) is 6.26 Å². The molecule has 0 spiro atoms. The van der Waals surface area contributed by atoms with Crippen molar-refractivity contribution >= 4 is 11.9 Å². The van der Waals surface area contributed by atoms with Crippen LogP contribution in [0.3, 0.4) is 0 Å². The molecule has 6 nitrogen and oxygen atoms in total. The number of benzene rings is 2. The number of carbonyl (C=O) groups excluding carboxylic acids is 2. The standard InChI is InChI=1S/C21H19NO5/c23-20(22-13-19-7-4-12-25-19)14-27-21(24)15-26-18-10-8-17(9-11-18)16-5-2-1-3-6-16/h1-12H,13-15H2,(H,22,23). The van der Waals surface area contributed by atoms with Crippen LogP contribution in [-0.4, -0.2) is 25.1 Å². The second-order valence-corrected chi connectivity index (χ2v) is 5.70. The minimum absolute atomic E-state index is 0.244. The van der Waals surface area contributed by atoms with Gasteiger partial charge < -0.3 is 19.2 Å². The maximum absolute atomic E-state index is 11.7. The molecule has 0 bridgehead atoms. The average Bonchev–Trinajstić information content (AvgIpc) is 3.24. The first-order valence-electron chi connectivity index (χ1n) is 8.44. The minimum atomic E-state index is -0.615. The molecule has 0 fully saturated rings. The number of carbonyl (C=O) groups is 2. The van der Waals surface area contributed by atoms with E-state index in [1.54, 1.807) is 24.3 Å². The molecule has 2 aromatic carbocycles. The van der Waals surface area contributed by atoms with Crippen molar-refractivity contribution in [3.05, 3.63) is 78.8 Å². The lowest BCUT2D eigenvalue weighted by Gasteiger charge is -2.08. The topological polar surface area (TPSA) is 77.8 Å². The van der Waals surface area contributed by atoms with Gasteiger partial charge in [-0.05, 0) is 35.4 Å². The van der Waals surface area contributed by atoms with E-state index in [0.29, 0.717) is 11.5 Å². The van der Waals surface area contributed by atoms with Crippen molar-refractivity contribution in [1.29, 1.82) is 0 Å². The molecule has 0 saturated heterocycles. The van der Waals surface area contributed by atoms with Gasteiger partial charge in [0.1, 0.15) is 11.5 Å². The van der Waals surface area contributed by atoms with Crippen molar-refractivity contribution in [2.24, 2.45) is 0 Å². The lowest BCUT2D eigenvalue weighted by molar-refractivity contribution is -0.150. The maximum Gasteiger partial charge on any atom is 0.344 e. The Bertz CT molecular complexity index is 857. The second kappa shape index (κ2) is 9.24. The Hall–Kier alpha value is -3.54. The maximum atomic E-state index is 11.7. The van der Waals surface area contributed by atoms with E-state index in [-0.39, 0.29) is 19.8 Å². The van der Waals surface area contributed by atoms with E-state index >= 15 is 0 Å². The largest absolute Gasteiger partial charge is 0.482 e. The molecule has 0 atom stereocenters. The normalized spacial score (nSPS) is 10.2. The fraction of sp³-hybridized carbons (Fsp3) is 0.143. The molecule has 3 rings (SSSR count). The van der Waals surface area contributed by atoms with Crippen LogP contribution in [0.15, 0.2) is 77.4 Å². The van der Waals surface area contributed by atoms with Crippen LogP contribution in [0.2, 0.25) is 0 Å². The molecule has 3 aromatic rings. The van der Waals surface area contributed by atoms with Crippen molar-refractivity contribution in [1.82, 2.24) is 5.32 Å². The van der Waals surface area contributed by atoms with Gasteiger partial charge in [0, 0.05) is 0 Å². The third-order valence-electron chi connectivity index (χ3n) is 3.72. The summed E-state index contributed by atoms with van der Waals surface area (Å²) in [6.07, 6.45) is 1.52. The molecule has 1 heterocycles. The van der Waals surface area contributed by atoms with Gasteiger partial charge >= 0.3 is 5.97 Å². The van der Waals surface area contributed by atoms with E-state index in [1.807, 2.05) is 42.5 Å². The summed E-state index contributed by atoms with van der Waals surface area (Å²) in [5.74, 6) is 0.146. The summed E-state index contributed by atoms with van der Waals surface area (Å²) in [7, 11) is 0. The highest BCUT2D eigenvalue weighted by Crippen LogP contribution is 2.21. The molecule has 6 heteroatoms. The SMILES string of the molecule is O=C(COC(=O)COc1ccc(-c2ccccc2)cc1)NCc1ccco1. The van der Waals surface area contributed by atoms with Gasteiger partial charge in [-0.15, -0.1) is 0 Å². The van der Waals surface area contributed by atoms with Gasteiger partial charge in [-0.2, -0.15) is 0 Å². The Morgan fingerprint density at radius 2 is 1.59 bits per heavy atom. The zero-order valence-electron chi connectivity index (χ0n) is 14.6. The number of hydrogen-bond acceptors (Lipinski definition) is 5. The van der Waals surface area contributed by atoms with Crippen LogP contribution in [0.25, 0.3) is 11.1 Å². The monoisotopic (exact) mass is 365 g/mol. The van der Waals surface area contributed by atoms with Crippen molar-refractivity contribution in [2.75, 3.05) is 13.2 Å². The van der Waals surface area contributed by atoms with Crippen molar-refractivity contribution in [3.8, 4) is 16.9 Å². The van der Waals surface area contributed by atoms with E-state index in [4.69, 9.17) is 13.9 Å². The predicted octanol–water partition coefficient (Wildman–Crippen LogP) is 3.19. The zero-order valence-corrected chi connectivity index (χ0v) is 14.6. The molecular formula is C21H19NO5. The smallest absolute Gasteiger partial charge is 0.344 e. The van der Waals surface area contributed by atoms with Gasteiger partial charge in [-0.3, -0.25) is 4.79 Å². The van der Waals surface area contributed by atoms with Gasteiger partial charge in [0.2, 0.25) is 0 Å². The third kappa shape index (κ3) is 5.74. The molecule has 0 radical (unpaired) electrons. The fourth-order valence-electron chi connectivity index (χ4n) is 2.35. The first-order valence-corrected chi connectivity index (χ1v) is 8.44. The highest BCUT2D eigenvalue weighted by molar-refractivity contribution is 5.80. The molecule has 138 valence electrons. The van der Waals surface area contributed by atoms with Crippen LogP contribution in [0, 0.1) is 0 Å². The number of hydrogen-bond donors (Lipinski definition) is 1. The Balaban J connectivity index is 1.38. The quantitative estimate of drug-likeness (QED) is 0.621. The molecule has 27 heavy (non-hydrogen) atoms. The van der Waals surface area contributed by atoms with Gasteiger partial charge in [-0.1, -0.05) is 42.5 Å². The van der Waals surface area contributed by atoms with Gasteiger partial charge in [0.05, 0.1) is 12.8 Å². The summed E-state index contributed by atoms with van der Waals surface area (Å²) in [4.78, 5) is 23.3. The fourth-order valence-corrected chi connectivity index (χ4v) is 2.35. The Labute approximate surface area is 156 Å². The molecule has 0 aliphatic heterocycles. The second-order valence-electron chi connectivity index (χ2n) is 5.70. The molecule has 1 aromatic heterocycles. The lowest BCUT2D eigenvalue weighted by Crippen LogP contribution is -2.29. The summed E-state index contributed by atoms with van der Waals surface area (Å²) in [6, 6.07) is 20.8. The summed E-state index contributed by atoms with van der Waals surface area (Å²) in [5.41, 5.74) is 2.16. The van der Waals surface area contributed by atoms with Crippen molar-refractivity contribution in [2.45, 2.75) is 6.54 Å². The minimum Gasteiger partial charge on any atom is -0.482 e. The van der Waals surface area contributed by atoms with Gasteiger partial charge in [0.15, 0.2) is 13.2 Å². The highest BCUT2D eigenvalue weighted by atomic mass is 16.6. The van der Waals surface area contributed by atoms with Gasteiger partial charge in [-0.25, -0.2) is 4.79 Å². The summed E-state index contributed by atoms with van der Waals surface area (Å²) in [5, 5.41) is 2.59. The van der Waals surface area contributed by atoms with E-state index in [2.05, 4.69) is 5.32 Å². The van der Waals surface area contributed by atoms with Crippen molar-refractivity contribution < 1.29 is 23.5 Å². The average molecular weight is 365 g/mol. The molecule has 0 aliphatic carbocycles. The first-order chi connectivity index (χ1) is 13.2. The Morgan fingerprint density at radius 1 is 0.852 bits per heavy atom. The number of ether oxygens (including phenoxy) is 2. The number of nitrogens with one attached hydrogen (secondary N) is 1. The van der Waals surface area contributed by atoms with Crippen LogP contribution in [0.4, 0.5) is 0 Å². The Kier molecular flexibility index (Phi) is 6.25. The van der Waals surface area contributed by atoms with Crippen LogP contribution in [-0.2, 0) is 20.9 Å². The van der Waals surface area contributed by atoms with E-state index in [0.717, 1.165) is 11.1 Å². The zero-order chi connectivity index (χ0) is 18.9. The van der Waals surface area contributed by atoms with Crippen LogP contribution < -0.4 is 10.1 Å². The molecule has 1 amide bonds. The van der Waals surface area contributed by atoms with E-state index < -0.39 is 11.9 Å². The van der Waals surface area contributed by atoms with E-state index in [9.17, 15) is 9.59 Å². The number of esters is 1. The highest BCUT2D eigenvalue weighted by Gasteiger charge is 2.09. The molecule has 0 saturated carbocycles. The van der Waals surface area contributed by atoms with Crippen LogP contribution in [0.1, 0.15) is 5.76 Å². The summed E-state index contributed by atoms with van der Waals surface area (Å²) in [6.45, 7) is -0.389. The number of furan rings is 1. The molecule has 0 aliphatic rings. The number of rotatable bonds is 8. The van der Waals surface area contributed by atoms with Crippen LogP contribution >= 0.6 is 0 Å². The van der Waals surface area contributed by atoms with Crippen molar-refractivity contribution in [3.63, 3.8) is 0 Å². The first kappa shape index (κ1) is 18.3.